The summed E-state index contributed by atoms with van der Waals surface area (Å²) in [6, 6.07) is 10.2. The van der Waals surface area contributed by atoms with E-state index in [9.17, 15) is 13.6 Å². The quantitative estimate of drug-likeness (QED) is 0.476. The lowest BCUT2D eigenvalue weighted by Gasteiger charge is -2.13. The minimum atomic E-state index is -3.51. The van der Waals surface area contributed by atoms with Crippen molar-refractivity contribution in [2.24, 2.45) is 0 Å². The first-order valence-corrected chi connectivity index (χ1v) is 10.1. The Morgan fingerprint density at radius 2 is 1.81 bits per heavy atom. The van der Waals surface area contributed by atoms with Gasteiger partial charge in [0.05, 0.1) is 6.54 Å². The SMILES string of the molecule is O=C(NCCN[S+](=O)([O-])c1cccs1)c1ccc(-c2cncnc2)cc1. The maximum Gasteiger partial charge on any atom is 0.251 e. The van der Waals surface area contributed by atoms with Gasteiger partial charge in [0.15, 0.2) is 10.4 Å². The molecule has 134 valence electrons. The van der Waals surface area contributed by atoms with Crippen LogP contribution in [0, 0.1) is 0 Å². The molecule has 0 saturated carbocycles. The number of nitrogens with one attached hydrogen (secondary N) is 2. The van der Waals surface area contributed by atoms with E-state index in [1.807, 2.05) is 12.1 Å². The van der Waals surface area contributed by atoms with Crippen LogP contribution in [-0.4, -0.2) is 33.5 Å². The van der Waals surface area contributed by atoms with E-state index in [0.717, 1.165) is 22.5 Å². The second-order valence-corrected chi connectivity index (χ2v) is 8.23. The number of hydrogen-bond acceptors (Lipinski definition) is 6. The highest BCUT2D eigenvalue weighted by atomic mass is 32.3. The lowest BCUT2D eigenvalue weighted by molar-refractivity contribution is 0.0954. The van der Waals surface area contributed by atoms with E-state index in [1.165, 1.54) is 12.4 Å². The van der Waals surface area contributed by atoms with Crippen molar-refractivity contribution < 1.29 is 13.6 Å². The molecule has 0 aliphatic rings. The molecule has 0 radical (unpaired) electrons. The molecule has 0 fully saturated rings. The topological polar surface area (TPSA) is 107 Å². The van der Waals surface area contributed by atoms with Gasteiger partial charge in [-0.2, -0.15) is 0 Å². The number of benzene rings is 1. The summed E-state index contributed by atoms with van der Waals surface area (Å²) < 4.78 is 26.6. The molecule has 1 aromatic carbocycles. The van der Waals surface area contributed by atoms with Crippen LogP contribution in [0.1, 0.15) is 10.4 Å². The molecule has 0 spiro atoms. The third-order valence-corrected chi connectivity index (χ3v) is 6.36. The predicted molar refractivity (Wildman–Crippen MR) is 99.2 cm³/mol. The van der Waals surface area contributed by atoms with Crippen molar-refractivity contribution in [2.45, 2.75) is 4.21 Å². The number of carbonyl (C=O) groups is 1. The minimum Gasteiger partial charge on any atom is -0.592 e. The van der Waals surface area contributed by atoms with Crippen LogP contribution in [0.5, 0.6) is 0 Å². The predicted octanol–water partition coefficient (Wildman–Crippen LogP) is 2.13. The van der Waals surface area contributed by atoms with Gasteiger partial charge in [-0.05, 0) is 29.1 Å². The van der Waals surface area contributed by atoms with E-state index in [4.69, 9.17) is 0 Å². The van der Waals surface area contributed by atoms with Crippen molar-refractivity contribution in [1.82, 2.24) is 20.0 Å². The zero-order chi connectivity index (χ0) is 18.4. The third-order valence-electron chi connectivity index (χ3n) is 3.50. The summed E-state index contributed by atoms with van der Waals surface area (Å²) in [5, 5.41) is 4.38. The summed E-state index contributed by atoms with van der Waals surface area (Å²) >= 11 is 1.14. The van der Waals surface area contributed by atoms with Crippen LogP contribution in [0.4, 0.5) is 0 Å². The van der Waals surface area contributed by atoms with E-state index in [0.29, 0.717) is 5.56 Å². The molecule has 3 aromatic rings. The van der Waals surface area contributed by atoms with Crippen molar-refractivity contribution in [3.05, 3.63) is 66.1 Å². The van der Waals surface area contributed by atoms with Gasteiger partial charge in [-0.15, -0.1) is 4.72 Å². The molecule has 2 heterocycles. The summed E-state index contributed by atoms with van der Waals surface area (Å²) in [6.07, 6.45) is 4.85. The molecule has 0 saturated heterocycles. The average molecular weight is 388 g/mol. The van der Waals surface area contributed by atoms with Gasteiger partial charge >= 0.3 is 0 Å². The van der Waals surface area contributed by atoms with Crippen LogP contribution in [0.2, 0.25) is 0 Å². The van der Waals surface area contributed by atoms with Gasteiger partial charge in [-0.25, -0.2) is 9.97 Å². The van der Waals surface area contributed by atoms with Gasteiger partial charge in [0, 0.05) is 36.1 Å². The maximum absolute atomic E-state index is 12.1. The first-order valence-electron chi connectivity index (χ1n) is 7.73. The number of sulfonamides is 1. The molecule has 0 bridgehead atoms. The molecule has 26 heavy (non-hydrogen) atoms. The Kier molecular flexibility index (Phi) is 5.84. The van der Waals surface area contributed by atoms with E-state index in [2.05, 4.69) is 20.0 Å². The van der Waals surface area contributed by atoms with Gasteiger partial charge in [0.1, 0.15) is 6.33 Å². The normalized spacial score (nSPS) is 13.1. The standard InChI is InChI=1S/C17H16N4O3S2/c22-17(20-7-8-21-26(23,24)16-2-1-9-25-16)14-5-3-13(4-6-14)15-10-18-12-19-11-15/h1-6,9-12H,7-8H2,(H2-,20,21,22,23,24). The lowest BCUT2D eigenvalue weighted by Crippen LogP contribution is -2.37. The van der Waals surface area contributed by atoms with Crippen molar-refractivity contribution in [2.75, 3.05) is 13.1 Å². The first kappa shape index (κ1) is 18.3. The van der Waals surface area contributed by atoms with Crippen LogP contribution in [0.25, 0.3) is 11.1 Å². The summed E-state index contributed by atoms with van der Waals surface area (Å²) in [7, 11) is -3.51. The van der Waals surface area contributed by atoms with Crippen molar-refractivity contribution in [1.29, 1.82) is 0 Å². The highest BCUT2D eigenvalue weighted by molar-refractivity contribution is 7.97. The summed E-state index contributed by atoms with van der Waals surface area (Å²) in [5.41, 5.74) is 2.26. The van der Waals surface area contributed by atoms with Crippen molar-refractivity contribution in [3.63, 3.8) is 0 Å². The van der Waals surface area contributed by atoms with Crippen molar-refractivity contribution >= 4 is 27.6 Å². The Hall–Kier alpha value is -2.46. The number of amides is 1. The molecule has 0 aliphatic carbocycles. The highest BCUT2D eigenvalue weighted by Gasteiger charge is 2.20. The third kappa shape index (κ3) is 4.58. The molecule has 2 N–H and O–H groups in total. The van der Waals surface area contributed by atoms with Gasteiger partial charge in [0.2, 0.25) is 4.21 Å². The number of hydrogen-bond donors (Lipinski definition) is 2. The number of thiophene rings is 1. The fourth-order valence-electron chi connectivity index (χ4n) is 2.21. The van der Waals surface area contributed by atoms with E-state index in [1.54, 1.807) is 36.0 Å². The van der Waals surface area contributed by atoms with Crippen LogP contribution < -0.4 is 10.0 Å². The van der Waals surface area contributed by atoms with Crippen LogP contribution in [0.15, 0.2) is 64.7 Å². The largest absolute Gasteiger partial charge is 0.592 e. The van der Waals surface area contributed by atoms with Crippen LogP contribution in [0.3, 0.4) is 0 Å². The second-order valence-electron chi connectivity index (χ2n) is 5.29. The molecular formula is C17H16N4O3S2. The minimum absolute atomic E-state index is 0.116. The number of carbonyl (C=O) groups excluding carboxylic acids is 1. The highest BCUT2D eigenvalue weighted by Crippen LogP contribution is 2.19. The number of nitrogens with zero attached hydrogens (tertiary/aromatic N) is 2. The number of rotatable bonds is 7. The van der Waals surface area contributed by atoms with Crippen LogP contribution >= 0.6 is 11.3 Å². The van der Waals surface area contributed by atoms with E-state index in [-0.39, 0.29) is 23.2 Å². The summed E-state index contributed by atoms with van der Waals surface area (Å²) in [5.74, 6) is -0.267. The molecule has 0 aliphatic heterocycles. The maximum atomic E-state index is 12.1. The fraction of sp³-hybridized carbons (Fsp3) is 0.118. The molecule has 7 nitrogen and oxygen atoms in total. The average Bonchev–Trinajstić information content (AvgIpc) is 3.22. The Labute approximate surface area is 155 Å². The van der Waals surface area contributed by atoms with Gasteiger partial charge < -0.3 is 9.87 Å². The molecule has 1 atom stereocenters. The Morgan fingerprint density at radius 3 is 2.46 bits per heavy atom. The molecule has 9 heteroatoms. The van der Waals surface area contributed by atoms with Crippen LogP contribution in [-0.2, 0) is 14.6 Å². The first-order chi connectivity index (χ1) is 12.6. The van der Waals surface area contributed by atoms with Gasteiger partial charge in [-0.1, -0.05) is 27.7 Å². The molecule has 1 amide bonds. The van der Waals surface area contributed by atoms with Crippen molar-refractivity contribution in [3.8, 4) is 11.1 Å². The fourth-order valence-corrected chi connectivity index (χ4v) is 4.28. The van der Waals surface area contributed by atoms with Gasteiger partial charge in [-0.3, -0.25) is 4.79 Å². The molecule has 1 unspecified atom stereocenters. The Morgan fingerprint density at radius 1 is 1.08 bits per heavy atom. The summed E-state index contributed by atoms with van der Waals surface area (Å²) in [4.78, 5) is 20.1. The molecule has 2 aromatic heterocycles. The molecule has 3 rings (SSSR count). The lowest BCUT2D eigenvalue weighted by atomic mass is 10.1. The monoisotopic (exact) mass is 388 g/mol. The smallest absolute Gasteiger partial charge is 0.251 e. The van der Waals surface area contributed by atoms with Gasteiger partial charge in [0.25, 0.3) is 5.91 Å². The zero-order valence-corrected chi connectivity index (χ0v) is 15.3. The second kappa shape index (κ2) is 8.28. The Balaban J connectivity index is 1.50. The zero-order valence-electron chi connectivity index (χ0n) is 13.6. The Bertz CT molecular complexity index is 900. The molecular weight excluding hydrogens is 372 g/mol. The van der Waals surface area contributed by atoms with E-state index < -0.39 is 10.4 Å². The van der Waals surface area contributed by atoms with E-state index >= 15 is 0 Å². The number of aromatic nitrogens is 2. The summed E-state index contributed by atoms with van der Waals surface area (Å²) in [6.45, 7) is 0.309.